The number of aromatic nitrogens is 1. The fraction of sp³-hybridized carbons (Fsp3) is 0.542. The lowest BCUT2D eigenvalue weighted by molar-refractivity contribution is 0.309. The number of aryl methyl sites for hydroxylation is 1. The van der Waals surface area contributed by atoms with E-state index in [-0.39, 0.29) is 0 Å². The summed E-state index contributed by atoms with van der Waals surface area (Å²) in [7, 11) is 0. The molecule has 0 aliphatic rings. The second kappa shape index (κ2) is 12.8. The quantitative estimate of drug-likeness (QED) is 0.326. The van der Waals surface area contributed by atoms with Gasteiger partial charge >= 0.3 is 0 Å². The molecule has 0 saturated heterocycles. The molecule has 0 saturated carbocycles. The Kier molecular flexibility index (Phi) is 10.3. The van der Waals surface area contributed by atoms with E-state index in [1.54, 1.807) is 0 Å². The average Bonchev–Trinajstić information content (AvgIpc) is 2.69. The molecule has 0 unspecified atom stereocenters. The van der Waals surface area contributed by atoms with Gasteiger partial charge in [0.25, 0.3) is 0 Å². The second-order valence-corrected chi connectivity index (χ2v) is 7.68. The van der Waals surface area contributed by atoms with Crippen molar-refractivity contribution >= 4 is 11.6 Å². The highest BCUT2D eigenvalue weighted by Crippen LogP contribution is 2.30. The SMILES string of the molecule is CCCCCCCCCc1ccc(-c2ccc(OCCCC)c(Cl)c2)nc1. The molecule has 2 aromatic rings. The van der Waals surface area contributed by atoms with Crippen LogP contribution in [0.3, 0.4) is 0 Å². The third kappa shape index (κ3) is 7.92. The largest absolute Gasteiger partial charge is 0.492 e. The van der Waals surface area contributed by atoms with Crippen molar-refractivity contribution in [2.24, 2.45) is 0 Å². The molecule has 1 heterocycles. The Hall–Kier alpha value is -1.54. The molecule has 0 atom stereocenters. The molecule has 3 heteroatoms. The minimum absolute atomic E-state index is 0.651. The van der Waals surface area contributed by atoms with E-state index in [9.17, 15) is 0 Å². The summed E-state index contributed by atoms with van der Waals surface area (Å²) in [4.78, 5) is 4.64. The summed E-state index contributed by atoms with van der Waals surface area (Å²) in [5.41, 5.74) is 3.31. The van der Waals surface area contributed by atoms with Gasteiger partial charge in [0.05, 0.1) is 17.3 Å². The molecule has 1 aromatic heterocycles. The van der Waals surface area contributed by atoms with Crippen LogP contribution >= 0.6 is 11.6 Å². The van der Waals surface area contributed by atoms with E-state index in [1.807, 2.05) is 24.4 Å². The van der Waals surface area contributed by atoms with E-state index >= 15 is 0 Å². The number of ether oxygens (including phenoxy) is 1. The first-order valence-corrected chi connectivity index (χ1v) is 11.0. The van der Waals surface area contributed by atoms with Gasteiger partial charge in [0.1, 0.15) is 5.75 Å². The van der Waals surface area contributed by atoms with Crippen LogP contribution in [0.4, 0.5) is 0 Å². The lowest BCUT2D eigenvalue weighted by Gasteiger charge is -2.09. The predicted octanol–water partition coefficient (Wildman–Crippen LogP) is 7.87. The van der Waals surface area contributed by atoms with Crippen LogP contribution in [0.25, 0.3) is 11.3 Å². The highest BCUT2D eigenvalue weighted by molar-refractivity contribution is 6.32. The van der Waals surface area contributed by atoms with Gasteiger partial charge < -0.3 is 4.74 Å². The topological polar surface area (TPSA) is 22.1 Å². The fourth-order valence-electron chi connectivity index (χ4n) is 3.13. The van der Waals surface area contributed by atoms with Crippen LogP contribution in [-0.4, -0.2) is 11.6 Å². The average molecular weight is 388 g/mol. The Morgan fingerprint density at radius 2 is 1.59 bits per heavy atom. The Labute approximate surface area is 170 Å². The molecule has 0 N–H and O–H groups in total. The summed E-state index contributed by atoms with van der Waals surface area (Å²) in [6, 6.07) is 10.2. The maximum absolute atomic E-state index is 6.37. The zero-order valence-corrected chi connectivity index (χ0v) is 17.7. The lowest BCUT2D eigenvalue weighted by Crippen LogP contribution is -1.97. The molecule has 0 spiro atoms. The monoisotopic (exact) mass is 387 g/mol. The highest BCUT2D eigenvalue weighted by Gasteiger charge is 2.06. The molecule has 2 nitrogen and oxygen atoms in total. The molecule has 0 amide bonds. The number of benzene rings is 1. The van der Waals surface area contributed by atoms with Crippen molar-refractivity contribution in [3.8, 4) is 17.0 Å². The van der Waals surface area contributed by atoms with Crippen molar-refractivity contribution in [1.29, 1.82) is 0 Å². The highest BCUT2D eigenvalue weighted by atomic mass is 35.5. The number of unbranched alkanes of at least 4 members (excludes halogenated alkanes) is 7. The van der Waals surface area contributed by atoms with Gasteiger partial charge in [-0.25, -0.2) is 0 Å². The summed E-state index contributed by atoms with van der Waals surface area (Å²) in [6.07, 6.45) is 14.7. The summed E-state index contributed by atoms with van der Waals surface area (Å²) in [6.45, 7) is 5.12. The number of hydrogen-bond donors (Lipinski definition) is 0. The summed E-state index contributed by atoms with van der Waals surface area (Å²) in [5, 5.41) is 0.651. The number of halogens is 1. The standard InChI is InChI=1S/C24H34ClNO/c1-3-5-7-8-9-10-11-12-20-13-15-23(26-19-20)21-14-16-24(22(25)18-21)27-17-6-4-2/h13-16,18-19H,3-12,17H2,1-2H3. The summed E-state index contributed by atoms with van der Waals surface area (Å²) < 4.78 is 5.72. The van der Waals surface area contributed by atoms with E-state index in [0.29, 0.717) is 11.6 Å². The number of nitrogens with zero attached hydrogens (tertiary/aromatic N) is 1. The zero-order valence-electron chi connectivity index (χ0n) is 17.0. The number of rotatable bonds is 13. The van der Waals surface area contributed by atoms with Gasteiger partial charge in [-0.05, 0) is 49.1 Å². The summed E-state index contributed by atoms with van der Waals surface area (Å²) >= 11 is 6.37. The molecule has 2 rings (SSSR count). The van der Waals surface area contributed by atoms with Crippen molar-refractivity contribution in [3.05, 3.63) is 47.1 Å². The van der Waals surface area contributed by atoms with Crippen molar-refractivity contribution in [1.82, 2.24) is 4.98 Å². The van der Waals surface area contributed by atoms with Gasteiger partial charge in [0, 0.05) is 11.8 Å². The van der Waals surface area contributed by atoms with Crippen LogP contribution in [0.2, 0.25) is 5.02 Å². The van der Waals surface area contributed by atoms with Gasteiger partial charge in [-0.2, -0.15) is 0 Å². The predicted molar refractivity (Wildman–Crippen MR) is 117 cm³/mol. The third-order valence-corrected chi connectivity index (χ3v) is 5.17. The van der Waals surface area contributed by atoms with Crippen molar-refractivity contribution < 1.29 is 4.74 Å². The first-order chi connectivity index (χ1) is 13.2. The Balaban J connectivity index is 1.81. The van der Waals surface area contributed by atoms with Crippen LogP contribution in [0.1, 0.15) is 77.2 Å². The molecule has 0 radical (unpaired) electrons. The Morgan fingerprint density at radius 1 is 0.852 bits per heavy atom. The van der Waals surface area contributed by atoms with Crippen LogP contribution in [0.5, 0.6) is 5.75 Å². The molecule has 148 valence electrons. The molecule has 0 bridgehead atoms. The van der Waals surface area contributed by atoms with Gasteiger partial charge in [-0.15, -0.1) is 0 Å². The molecular formula is C24H34ClNO. The number of pyridine rings is 1. The first-order valence-electron chi connectivity index (χ1n) is 10.6. The van der Waals surface area contributed by atoms with Crippen LogP contribution in [0.15, 0.2) is 36.5 Å². The third-order valence-electron chi connectivity index (χ3n) is 4.88. The Bertz CT molecular complexity index is 654. The molecule has 0 aliphatic carbocycles. The van der Waals surface area contributed by atoms with Gasteiger partial charge in [0.2, 0.25) is 0 Å². The van der Waals surface area contributed by atoms with Crippen LogP contribution in [-0.2, 0) is 6.42 Å². The molecule has 0 fully saturated rings. The minimum atomic E-state index is 0.651. The Morgan fingerprint density at radius 3 is 2.26 bits per heavy atom. The van der Waals surface area contributed by atoms with Crippen molar-refractivity contribution in [2.45, 2.75) is 78.1 Å². The molecular weight excluding hydrogens is 354 g/mol. The second-order valence-electron chi connectivity index (χ2n) is 7.27. The van der Waals surface area contributed by atoms with E-state index in [2.05, 4.69) is 31.0 Å². The lowest BCUT2D eigenvalue weighted by atomic mass is 10.0. The molecule has 27 heavy (non-hydrogen) atoms. The van der Waals surface area contributed by atoms with E-state index in [0.717, 1.165) is 36.3 Å². The minimum Gasteiger partial charge on any atom is -0.492 e. The number of hydrogen-bond acceptors (Lipinski definition) is 2. The first kappa shape index (κ1) is 21.8. The van der Waals surface area contributed by atoms with Crippen molar-refractivity contribution in [2.75, 3.05) is 6.61 Å². The van der Waals surface area contributed by atoms with E-state index < -0.39 is 0 Å². The van der Waals surface area contributed by atoms with Crippen LogP contribution in [0, 0.1) is 0 Å². The smallest absolute Gasteiger partial charge is 0.137 e. The van der Waals surface area contributed by atoms with E-state index in [1.165, 1.54) is 50.5 Å². The molecule has 1 aromatic carbocycles. The van der Waals surface area contributed by atoms with Gasteiger partial charge in [0.15, 0.2) is 0 Å². The zero-order chi connectivity index (χ0) is 19.3. The maximum Gasteiger partial charge on any atom is 0.137 e. The molecule has 0 aliphatic heterocycles. The summed E-state index contributed by atoms with van der Waals surface area (Å²) in [5.74, 6) is 0.754. The van der Waals surface area contributed by atoms with E-state index in [4.69, 9.17) is 16.3 Å². The normalized spacial score (nSPS) is 10.9. The van der Waals surface area contributed by atoms with Gasteiger partial charge in [-0.1, -0.05) is 76.5 Å². The van der Waals surface area contributed by atoms with Crippen LogP contribution < -0.4 is 4.74 Å². The maximum atomic E-state index is 6.37. The van der Waals surface area contributed by atoms with Gasteiger partial charge in [-0.3, -0.25) is 4.98 Å². The fourth-order valence-corrected chi connectivity index (χ4v) is 3.37. The van der Waals surface area contributed by atoms with Crippen molar-refractivity contribution in [3.63, 3.8) is 0 Å².